The zero-order chi connectivity index (χ0) is 9.31. The van der Waals surface area contributed by atoms with Gasteiger partial charge in [-0.1, -0.05) is 6.07 Å². The molecule has 1 aromatic rings. The molecule has 3 heteroatoms. The van der Waals surface area contributed by atoms with Crippen LogP contribution in [0.1, 0.15) is 24.4 Å². The topological polar surface area (TPSA) is 64.9 Å². The molecule has 13 heavy (non-hydrogen) atoms. The predicted molar refractivity (Wildman–Crippen MR) is 51.9 cm³/mol. The summed E-state index contributed by atoms with van der Waals surface area (Å²) in [6.45, 7) is 0.684. The zero-order valence-electron chi connectivity index (χ0n) is 7.61. The quantitative estimate of drug-likeness (QED) is 0.718. The molecule has 1 aliphatic carbocycles. The van der Waals surface area contributed by atoms with Crippen molar-refractivity contribution in [3.63, 3.8) is 0 Å². The van der Waals surface area contributed by atoms with Crippen LogP contribution < -0.4 is 11.5 Å². The Morgan fingerprint density at radius 3 is 2.77 bits per heavy atom. The lowest BCUT2D eigenvalue weighted by Gasteiger charge is -2.21. The molecule has 1 heterocycles. The Kier molecular flexibility index (Phi) is 2.06. The number of pyridine rings is 1. The van der Waals surface area contributed by atoms with E-state index in [4.69, 9.17) is 11.5 Å². The van der Waals surface area contributed by atoms with Crippen molar-refractivity contribution in [1.29, 1.82) is 0 Å². The van der Waals surface area contributed by atoms with E-state index in [0.717, 1.165) is 18.4 Å². The summed E-state index contributed by atoms with van der Waals surface area (Å²) in [5.74, 6) is 0. The third kappa shape index (κ3) is 1.45. The monoisotopic (exact) mass is 177 g/mol. The summed E-state index contributed by atoms with van der Waals surface area (Å²) in [6.07, 6.45) is 5.90. The Labute approximate surface area is 78.1 Å². The summed E-state index contributed by atoms with van der Waals surface area (Å²) in [6, 6.07) is 4.00. The highest BCUT2D eigenvalue weighted by molar-refractivity contribution is 5.20. The highest BCUT2D eigenvalue weighted by atomic mass is 14.8. The van der Waals surface area contributed by atoms with E-state index >= 15 is 0 Å². The van der Waals surface area contributed by atoms with Crippen LogP contribution in [-0.2, 0) is 0 Å². The van der Waals surface area contributed by atoms with Crippen LogP contribution in [0.25, 0.3) is 0 Å². The molecule has 0 saturated heterocycles. The van der Waals surface area contributed by atoms with Gasteiger partial charge in [-0.25, -0.2) is 0 Å². The average Bonchev–Trinajstić information content (AvgIpc) is 2.99. The second-order valence-corrected chi connectivity index (χ2v) is 3.83. The lowest BCUT2D eigenvalue weighted by molar-refractivity contribution is 0.418. The smallest absolute Gasteiger partial charge is 0.0379 e. The number of nitrogens with zero attached hydrogens (tertiary/aromatic N) is 1. The van der Waals surface area contributed by atoms with Crippen LogP contribution >= 0.6 is 0 Å². The second kappa shape index (κ2) is 3.09. The van der Waals surface area contributed by atoms with Crippen molar-refractivity contribution < 1.29 is 0 Å². The lowest BCUT2D eigenvalue weighted by atomic mass is 9.92. The van der Waals surface area contributed by atoms with Crippen LogP contribution in [0.3, 0.4) is 0 Å². The molecule has 1 atom stereocenters. The lowest BCUT2D eigenvalue weighted by Crippen LogP contribution is -2.29. The van der Waals surface area contributed by atoms with Crippen molar-refractivity contribution in [3.05, 3.63) is 30.1 Å². The van der Waals surface area contributed by atoms with Crippen molar-refractivity contribution in [3.8, 4) is 0 Å². The maximum absolute atomic E-state index is 6.13. The van der Waals surface area contributed by atoms with Gasteiger partial charge in [0.1, 0.15) is 0 Å². The van der Waals surface area contributed by atoms with E-state index in [-0.39, 0.29) is 11.5 Å². The van der Waals surface area contributed by atoms with E-state index in [1.165, 1.54) is 0 Å². The Hall–Kier alpha value is -0.930. The molecule has 3 nitrogen and oxygen atoms in total. The van der Waals surface area contributed by atoms with Gasteiger partial charge >= 0.3 is 0 Å². The molecule has 0 aliphatic heterocycles. The fourth-order valence-corrected chi connectivity index (χ4v) is 1.72. The fraction of sp³-hybridized carbons (Fsp3) is 0.500. The van der Waals surface area contributed by atoms with Gasteiger partial charge < -0.3 is 11.5 Å². The number of nitrogens with two attached hydrogens (primary N) is 2. The van der Waals surface area contributed by atoms with E-state index in [9.17, 15) is 0 Å². The summed E-state index contributed by atoms with van der Waals surface area (Å²) in [4.78, 5) is 4.06. The SMILES string of the molecule is NCC1(C(N)c2cccnc2)CC1. The first kappa shape index (κ1) is 8.66. The van der Waals surface area contributed by atoms with Gasteiger partial charge in [0.05, 0.1) is 0 Å². The van der Waals surface area contributed by atoms with E-state index in [1.807, 2.05) is 18.3 Å². The predicted octanol–water partition coefficient (Wildman–Crippen LogP) is 0.820. The van der Waals surface area contributed by atoms with Crippen LogP contribution in [0, 0.1) is 5.41 Å². The van der Waals surface area contributed by atoms with Crippen LogP contribution in [-0.4, -0.2) is 11.5 Å². The highest BCUT2D eigenvalue weighted by Crippen LogP contribution is 2.52. The minimum Gasteiger partial charge on any atom is -0.330 e. The van der Waals surface area contributed by atoms with Gasteiger partial charge in [-0.2, -0.15) is 0 Å². The molecule has 0 radical (unpaired) electrons. The molecule has 1 aliphatic rings. The maximum Gasteiger partial charge on any atom is 0.0379 e. The fourth-order valence-electron chi connectivity index (χ4n) is 1.72. The van der Waals surface area contributed by atoms with Crippen molar-refractivity contribution in [1.82, 2.24) is 4.98 Å². The van der Waals surface area contributed by atoms with Gasteiger partial charge in [0.25, 0.3) is 0 Å². The molecule has 70 valence electrons. The molecular formula is C10H15N3. The van der Waals surface area contributed by atoms with Crippen molar-refractivity contribution >= 4 is 0 Å². The summed E-state index contributed by atoms with van der Waals surface area (Å²) < 4.78 is 0. The largest absolute Gasteiger partial charge is 0.330 e. The molecule has 0 spiro atoms. The normalized spacial score (nSPS) is 21.1. The van der Waals surface area contributed by atoms with Gasteiger partial charge in [0.2, 0.25) is 0 Å². The summed E-state index contributed by atoms with van der Waals surface area (Å²) >= 11 is 0. The van der Waals surface area contributed by atoms with E-state index in [1.54, 1.807) is 6.20 Å². The number of aromatic nitrogens is 1. The third-order valence-electron chi connectivity index (χ3n) is 3.00. The minimum absolute atomic E-state index is 0.0613. The Morgan fingerprint density at radius 1 is 1.54 bits per heavy atom. The molecule has 1 fully saturated rings. The van der Waals surface area contributed by atoms with Gasteiger partial charge in [0, 0.05) is 23.9 Å². The van der Waals surface area contributed by atoms with Gasteiger partial charge in [0.15, 0.2) is 0 Å². The van der Waals surface area contributed by atoms with Crippen LogP contribution in [0.15, 0.2) is 24.5 Å². The Balaban J connectivity index is 2.18. The standard InChI is InChI=1S/C10H15N3/c11-7-10(3-4-10)9(12)8-2-1-5-13-6-8/h1-2,5-6,9H,3-4,7,11-12H2. The molecule has 1 saturated carbocycles. The maximum atomic E-state index is 6.13. The molecule has 1 unspecified atom stereocenters. The zero-order valence-corrected chi connectivity index (χ0v) is 7.61. The van der Waals surface area contributed by atoms with Crippen molar-refractivity contribution in [2.24, 2.45) is 16.9 Å². The third-order valence-corrected chi connectivity index (χ3v) is 3.00. The highest BCUT2D eigenvalue weighted by Gasteiger charge is 2.47. The molecule has 1 aromatic heterocycles. The summed E-state index contributed by atoms with van der Waals surface area (Å²) in [5.41, 5.74) is 13.1. The van der Waals surface area contributed by atoms with Crippen molar-refractivity contribution in [2.75, 3.05) is 6.54 Å². The minimum atomic E-state index is 0.0613. The van der Waals surface area contributed by atoms with Crippen molar-refractivity contribution in [2.45, 2.75) is 18.9 Å². The molecule has 4 N–H and O–H groups in total. The first-order valence-electron chi connectivity index (χ1n) is 4.64. The van der Waals surface area contributed by atoms with Crippen LogP contribution in [0.2, 0.25) is 0 Å². The number of hydrogen-bond acceptors (Lipinski definition) is 3. The average molecular weight is 177 g/mol. The van der Waals surface area contributed by atoms with Crippen LogP contribution in [0.4, 0.5) is 0 Å². The Morgan fingerprint density at radius 2 is 2.31 bits per heavy atom. The summed E-state index contributed by atoms with van der Waals surface area (Å²) in [7, 11) is 0. The van der Waals surface area contributed by atoms with E-state index in [0.29, 0.717) is 6.54 Å². The summed E-state index contributed by atoms with van der Waals surface area (Å²) in [5, 5.41) is 0. The second-order valence-electron chi connectivity index (χ2n) is 3.83. The number of rotatable bonds is 3. The Bertz CT molecular complexity index is 279. The molecule has 0 aromatic carbocycles. The molecule has 2 rings (SSSR count). The van der Waals surface area contributed by atoms with Gasteiger partial charge in [-0.3, -0.25) is 4.98 Å². The molecule has 0 bridgehead atoms. The van der Waals surface area contributed by atoms with E-state index in [2.05, 4.69) is 4.98 Å². The first-order valence-corrected chi connectivity index (χ1v) is 4.64. The van der Waals surface area contributed by atoms with E-state index < -0.39 is 0 Å². The van der Waals surface area contributed by atoms with Crippen LogP contribution in [0.5, 0.6) is 0 Å². The number of hydrogen-bond donors (Lipinski definition) is 2. The molecular weight excluding hydrogens is 162 g/mol. The van der Waals surface area contributed by atoms with Gasteiger partial charge in [-0.05, 0) is 31.0 Å². The molecule has 0 amide bonds. The first-order chi connectivity index (χ1) is 6.28. The van der Waals surface area contributed by atoms with Gasteiger partial charge in [-0.15, -0.1) is 0 Å².